The molecule has 1 aliphatic rings. The van der Waals surface area contributed by atoms with Crippen molar-refractivity contribution in [2.24, 2.45) is 0 Å². The first-order valence-corrected chi connectivity index (χ1v) is 9.96. The summed E-state index contributed by atoms with van der Waals surface area (Å²) >= 11 is 0. The normalized spacial score (nSPS) is 15.8. The lowest BCUT2D eigenvalue weighted by Crippen LogP contribution is -2.13. The molecule has 0 radical (unpaired) electrons. The van der Waals surface area contributed by atoms with Gasteiger partial charge in [-0.15, -0.1) is 0 Å². The van der Waals surface area contributed by atoms with E-state index < -0.39 is 18.0 Å². The van der Waals surface area contributed by atoms with Crippen molar-refractivity contribution in [1.29, 1.82) is 0 Å². The summed E-state index contributed by atoms with van der Waals surface area (Å²) in [6.45, 7) is -0.380. The van der Waals surface area contributed by atoms with Crippen LogP contribution >= 0.6 is 0 Å². The molecule has 10 heteroatoms. The summed E-state index contributed by atoms with van der Waals surface area (Å²) in [5, 5.41) is 11.8. The number of methoxy groups -OCH3 is 2. The quantitative estimate of drug-likeness (QED) is 0.544. The highest BCUT2D eigenvalue weighted by atomic mass is 19.1. The number of rotatable bonds is 10. The minimum Gasteiger partial charge on any atom is -0.497 e. The van der Waals surface area contributed by atoms with Crippen molar-refractivity contribution >= 4 is 17.6 Å². The summed E-state index contributed by atoms with van der Waals surface area (Å²) in [5.41, 5.74) is 1.37. The molecule has 1 atom stereocenters. The third-order valence-electron chi connectivity index (χ3n) is 4.73. The standard InChI is InChI=1S/C23H23F2N3O5/c1-31-16-9-19(24)18(22(25)20(10-16)32-2)13-33-17-11-26-23(27-12-17)28-15-6-3-14(4-7-15)5-8-21(29)30/h3-4,6-7,9-12,19H,5,8,13H2,1-2H3,(H,29,30)(H,26,27,28). The van der Waals surface area contributed by atoms with Crippen LogP contribution in [-0.2, 0) is 20.7 Å². The lowest BCUT2D eigenvalue weighted by molar-refractivity contribution is -0.136. The Bertz CT molecular complexity index is 1070. The largest absolute Gasteiger partial charge is 0.497 e. The van der Waals surface area contributed by atoms with E-state index in [1.54, 1.807) is 12.1 Å². The van der Waals surface area contributed by atoms with Crippen LogP contribution in [0, 0.1) is 0 Å². The lowest BCUT2D eigenvalue weighted by Gasteiger charge is -2.13. The van der Waals surface area contributed by atoms with E-state index in [0.717, 1.165) is 11.6 Å². The molecule has 2 N–H and O–H groups in total. The first-order chi connectivity index (χ1) is 15.9. The van der Waals surface area contributed by atoms with Gasteiger partial charge in [-0.25, -0.2) is 18.7 Å². The second kappa shape index (κ2) is 11.1. The van der Waals surface area contributed by atoms with Crippen LogP contribution in [0.4, 0.5) is 20.4 Å². The molecule has 0 amide bonds. The van der Waals surface area contributed by atoms with Gasteiger partial charge in [-0.05, 0) is 30.2 Å². The summed E-state index contributed by atoms with van der Waals surface area (Å²) in [6, 6.07) is 7.21. The van der Waals surface area contributed by atoms with Gasteiger partial charge in [0, 0.05) is 23.8 Å². The van der Waals surface area contributed by atoms with Gasteiger partial charge in [0.1, 0.15) is 18.5 Å². The van der Waals surface area contributed by atoms with Gasteiger partial charge < -0.3 is 24.6 Å². The number of hydrogen-bond donors (Lipinski definition) is 2. The SMILES string of the molecule is COC1=CC(F)C(COc2cnc(Nc3ccc(CCC(=O)O)cc3)nc2)=C(F)C(OC)=C1. The van der Waals surface area contributed by atoms with Crippen LogP contribution in [0.3, 0.4) is 0 Å². The molecule has 1 aromatic carbocycles. The number of halogens is 2. The lowest BCUT2D eigenvalue weighted by atomic mass is 10.1. The van der Waals surface area contributed by atoms with Crippen LogP contribution in [0.25, 0.3) is 0 Å². The van der Waals surface area contributed by atoms with Crippen LogP contribution in [0.2, 0.25) is 0 Å². The fraction of sp³-hybridized carbons (Fsp3) is 0.261. The van der Waals surface area contributed by atoms with Gasteiger partial charge in [0.25, 0.3) is 0 Å². The zero-order chi connectivity index (χ0) is 23.8. The second-order valence-corrected chi connectivity index (χ2v) is 6.97. The Morgan fingerprint density at radius 3 is 2.45 bits per heavy atom. The third-order valence-corrected chi connectivity index (χ3v) is 4.73. The number of carboxylic acid groups (broad SMARTS) is 1. The van der Waals surface area contributed by atoms with E-state index in [1.807, 2.05) is 12.1 Å². The number of hydrogen-bond acceptors (Lipinski definition) is 7. The maximum Gasteiger partial charge on any atom is 0.303 e. The average Bonchev–Trinajstić information content (AvgIpc) is 2.93. The van der Waals surface area contributed by atoms with Gasteiger partial charge in [-0.2, -0.15) is 0 Å². The topological polar surface area (TPSA) is 103 Å². The molecule has 0 saturated heterocycles. The molecule has 1 unspecified atom stereocenters. The predicted molar refractivity (Wildman–Crippen MR) is 116 cm³/mol. The molecule has 2 aromatic rings. The van der Waals surface area contributed by atoms with Crippen LogP contribution in [-0.4, -0.2) is 48.0 Å². The molecule has 174 valence electrons. The van der Waals surface area contributed by atoms with Crippen molar-refractivity contribution in [1.82, 2.24) is 9.97 Å². The molecule has 1 heterocycles. The monoisotopic (exact) mass is 459 g/mol. The number of ether oxygens (including phenoxy) is 3. The molecule has 0 spiro atoms. The number of nitrogens with zero attached hydrogens (tertiary/aromatic N) is 2. The molecule has 1 aromatic heterocycles. The summed E-state index contributed by atoms with van der Waals surface area (Å²) in [4.78, 5) is 18.9. The number of nitrogens with one attached hydrogen (secondary N) is 1. The zero-order valence-corrected chi connectivity index (χ0v) is 18.0. The van der Waals surface area contributed by atoms with Crippen molar-refractivity contribution in [3.05, 3.63) is 77.3 Å². The summed E-state index contributed by atoms with van der Waals surface area (Å²) in [7, 11) is 2.63. The average molecular weight is 459 g/mol. The van der Waals surface area contributed by atoms with Gasteiger partial charge in [0.15, 0.2) is 17.3 Å². The smallest absolute Gasteiger partial charge is 0.303 e. The van der Waals surface area contributed by atoms with Crippen LogP contribution in [0.1, 0.15) is 12.0 Å². The number of carbonyl (C=O) groups is 1. The highest BCUT2D eigenvalue weighted by Crippen LogP contribution is 2.28. The van der Waals surface area contributed by atoms with Gasteiger partial charge >= 0.3 is 5.97 Å². The molecule has 8 nitrogen and oxygen atoms in total. The number of anilines is 2. The summed E-state index contributed by atoms with van der Waals surface area (Å²) in [6.07, 6.45) is 3.89. The maximum absolute atomic E-state index is 14.7. The number of allylic oxidation sites excluding steroid dienone is 3. The minimum absolute atomic E-state index is 0.0637. The second-order valence-electron chi connectivity index (χ2n) is 6.97. The third kappa shape index (κ3) is 6.52. The van der Waals surface area contributed by atoms with Crippen LogP contribution in [0.15, 0.2) is 71.7 Å². The Morgan fingerprint density at radius 2 is 1.85 bits per heavy atom. The van der Waals surface area contributed by atoms with Crippen molar-refractivity contribution in [2.45, 2.75) is 19.0 Å². The van der Waals surface area contributed by atoms with Crippen molar-refractivity contribution in [3.63, 3.8) is 0 Å². The van der Waals surface area contributed by atoms with E-state index in [1.165, 1.54) is 32.7 Å². The first kappa shape index (κ1) is 23.7. The van der Waals surface area contributed by atoms with Crippen LogP contribution < -0.4 is 10.1 Å². The number of carboxylic acids is 1. The summed E-state index contributed by atoms with van der Waals surface area (Å²) in [5.74, 6) is -1.22. The fourth-order valence-corrected chi connectivity index (χ4v) is 2.93. The predicted octanol–water partition coefficient (Wildman–Crippen LogP) is 4.25. The Morgan fingerprint density at radius 1 is 1.15 bits per heavy atom. The van der Waals surface area contributed by atoms with Crippen molar-refractivity contribution in [2.75, 3.05) is 26.1 Å². The number of alkyl halides is 1. The highest BCUT2D eigenvalue weighted by molar-refractivity contribution is 5.67. The Hall–Kier alpha value is -3.95. The molecule has 3 rings (SSSR count). The van der Waals surface area contributed by atoms with Gasteiger partial charge in [0.2, 0.25) is 5.95 Å². The van der Waals surface area contributed by atoms with E-state index in [4.69, 9.17) is 19.3 Å². The van der Waals surface area contributed by atoms with Gasteiger partial charge in [-0.1, -0.05) is 12.1 Å². The van der Waals surface area contributed by atoms with E-state index in [0.29, 0.717) is 18.1 Å². The number of benzene rings is 1. The number of aryl methyl sites for hydroxylation is 1. The molecular formula is C23H23F2N3O5. The molecule has 0 bridgehead atoms. The van der Waals surface area contributed by atoms with E-state index in [2.05, 4.69) is 15.3 Å². The Balaban J connectivity index is 1.61. The number of aromatic nitrogens is 2. The van der Waals surface area contributed by atoms with Crippen LogP contribution in [0.5, 0.6) is 5.75 Å². The Labute approximate surface area is 189 Å². The van der Waals surface area contributed by atoms with E-state index >= 15 is 0 Å². The first-order valence-electron chi connectivity index (χ1n) is 9.96. The molecular weight excluding hydrogens is 436 g/mol. The summed E-state index contributed by atoms with van der Waals surface area (Å²) < 4.78 is 44.7. The highest BCUT2D eigenvalue weighted by Gasteiger charge is 2.25. The van der Waals surface area contributed by atoms with E-state index in [-0.39, 0.29) is 35.9 Å². The minimum atomic E-state index is -1.76. The van der Waals surface area contributed by atoms with Crippen molar-refractivity contribution in [3.8, 4) is 5.75 Å². The van der Waals surface area contributed by atoms with Crippen molar-refractivity contribution < 1.29 is 32.9 Å². The number of aliphatic carboxylic acids is 1. The van der Waals surface area contributed by atoms with Gasteiger partial charge in [0.05, 0.1) is 26.6 Å². The Kier molecular flexibility index (Phi) is 7.96. The molecule has 33 heavy (non-hydrogen) atoms. The molecule has 0 aliphatic heterocycles. The van der Waals surface area contributed by atoms with Gasteiger partial charge in [-0.3, -0.25) is 4.79 Å². The zero-order valence-electron chi connectivity index (χ0n) is 18.0. The molecule has 0 fully saturated rings. The maximum atomic E-state index is 14.7. The molecule has 1 aliphatic carbocycles. The molecule has 0 saturated carbocycles. The fourth-order valence-electron chi connectivity index (χ4n) is 2.93. The van der Waals surface area contributed by atoms with E-state index in [9.17, 15) is 13.6 Å².